The number of pyridine rings is 2. The van der Waals surface area contributed by atoms with Crippen LogP contribution in [0.3, 0.4) is 0 Å². The molecule has 5 nitrogen and oxygen atoms in total. The Hall–Kier alpha value is -3.73. The second-order valence-electron chi connectivity index (χ2n) is 7.58. The lowest BCUT2D eigenvalue weighted by atomic mass is 10.1. The molecule has 5 heteroatoms. The van der Waals surface area contributed by atoms with Crippen LogP contribution in [0.1, 0.15) is 32.6 Å². The van der Waals surface area contributed by atoms with E-state index in [0.29, 0.717) is 11.1 Å². The lowest BCUT2D eigenvalue weighted by Gasteiger charge is -2.25. The second-order valence-corrected chi connectivity index (χ2v) is 7.58. The third-order valence-corrected chi connectivity index (χ3v) is 5.31. The Morgan fingerprint density at radius 3 is 2.47 bits per heavy atom. The van der Waals surface area contributed by atoms with E-state index >= 15 is 0 Å². The van der Waals surface area contributed by atoms with Crippen molar-refractivity contribution in [1.29, 1.82) is 0 Å². The number of aromatic nitrogens is 2. The molecular formula is C25H23N3O2. The predicted octanol–water partition coefficient (Wildman–Crippen LogP) is 4.70. The zero-order valence-corrected chi connectivity index (χ0v) is 17.3. The first-order chi connectivity index (χ1) is 14.4. The summed E-state index contributed by atoms with van der Waals surface area (Å²) < 4.78 is 0. The lowest BCUT2D eigenvalue weighted by Crippen LogP contribution is -2.33. The minimum atomic E-state index is -0.186. The number of aromatic amines is 1. The number of aryl methyl sites for hydroxylation is 3. The van der Waals surface area contributed by atoms with Gasteiger partial charge in [0.05, 0.1) is 12.1 Å². The zero-order valence-electron chi connectivity index (χ0n) is 17.3. The number of H-pyrrole nitrogens is 1. The first-order valence-corrected chi connectivity index (χ1v) is 9.85. The Morgan fingerprint density at radius 2 is 1.73 bits per heavy atom. The highest BCUT2D eigenvalue weighted by molar-refractivity contribution is 6.06. The fourth-order valence-corrected chi connectivity index (χ4v) is 3.74. The van der Waals surface area contributed by atoms with E-state index in [-0.39, 0.29) is 18.0 Å². The first-order valence-electron chi connectivity index (χ1n) is 9.85. The summed E-state index contributed by atoms with van der Waals surface area (Å²) in [5, 5.41) is 0.946. The molecule has 0 unspecified atom stereocenters. The molecule has 0 spiro atoms. The van der Waals surface area contributed by atoms with E-state index in [9.17, 15) is 9.59 Å². The van der Waals surface area contributed by atoms with Gasteiger partial charge in [-0.3, -0.25) is 14.6 Å². The number of carbonyl (C=O) groups is 1. The number of para-hydroxylation sites is 1. The van der Waals surface area contributed by atoms with Crippen LogP contribution in [0.2, 0.25) is 0 Å². The Labute approximate surface area is 175 Å². The maximum absolute atomic E-state index is 13.4. The van der Waals surface area contributed by atoms with E-state index in [1.807, 2.05) is 63.2 Å². The molecule has 30 heavy (non-hydrogen) atoms. The van der Waals surface area contributed by atoms with Crippen molar-refractivity contribution >= 4 is 22.5 Å². The molecule has 0 atom stereocenters. The monoisotopic (exact) mass is 397 g/mol. The molecule has 0 saturated carbocycles. The predicted molar refractivity (Wildman–Crippen MR) is 120 cm³/mol. The minimum absolute atomic E-state index is 0.171. The van der Waals surface area contributed by atoms with Crippen molar-refractivity contribution in [3.63, 3.8) is 0 Å². The molecule has 2 aromatic heterocycles. The van der Waals surface area contributed by atoms with Gasteiger partial charge < -0.3 is 9.88 Å². The van der Waals surface area contributed by atoms with E-state index in [2.05, 4.69) is 9.97 Å². The largest absolute Gasteiger partial charge is 0.321 e. The molecule has 2 heterocycles. The molecule has 150 valence electrons. The summed E-state index contributed by atoms with van der Waals surface area (Å²) in [5.74, 6) is -0.173. The minimum Gasteiger partial charge on any atom is -0.321 e. The van der Waals surface area contributed by atoms with Gasteiger partial charge in [-0.05, 0) is 61.5 Å². The normalized spacial score (nSPS) is 10.9. The van der Waals surface area contributed by atoms with Crippen LogP contribution >= 0.6 is 0 Å². The number of fused-ring (bicyclic) bond motifs is 1. The molecular weight excluding hydrogens is 374 g/mol. The van der Waals surface area contributed by atoms with Crippen LogP contribution in [0.25, 0.3) is 10.9 Å². The lowest BCUT2D eigenvalue weighted by molar-refractivity contribution is 0.0985. The smallest absolute Gasteiger partial charge is 0.258 e. The third kappa shape index (κ3) is 3.74. The standard InChI is InChI=1S/C25H23N3O2/c1-16-7-8-22(18(3)13-16)28(25(30)19-9-11-26-12-10-19)15-21-14-20-6-4-5-17(2)23(20)27-24(21)29/h4-14H,15H2,1-3H3,(H,27,29). The van der Waals surface area contributed by atoms with Gasteiger partial charge in [0, 0.05) is 29.2 Å². The van der Waals surface area contributed by atoms with Crippen molar-refractivity contribution in [2.24, 2.45) is 0 Å². The van der Waals surface area contributed by atoms with Gasteiger partial charge in [-0.2, -0.15) is 0 Å². The van der Waals surface area contributed by atoms with Gasteiger partial charge in [-0.1, -0.05) is 35.9 Å². The second kappa shape index (κ2) is 7.95. The van der Waals surface area contributed by atoms with Crippen LogP contribution in [-0.4, -0.2) is 15.9 Å². The van der Waals surface area contributed by atoms with Crippen LogP contribution in [-0.2, 0) is 6.54 Å². The van der Waals surface area contributed by atoms with Crippen LogP contribution < -0.4 is 10.5 Å². The highest BCUT2D eigenvalue weighted by atomic mass is 16.2. The summed E-state index contributed by atoms with van der Waals surface area (Å²) >= 11 is 0. The summed E-state index contributed by atoms with van der Waals surface area (Å²) in [5.41, 5.74) is 5.59. The van der Waals surface area contributed by atoms with Gasteiger partial charge in [0.1, 0.15) is 0 Å². The molecule has 0 saturated heterocycles. The van der Waals surface area contributed by atoms with Crippen LogP contribution in [0.5, 0.6) is 0 Å². The van der Waals surface area contributed by atoms with Gasteiger partial charge in [0.15, 0.2) is 0 Å². The molecule has 0 aliphatic heterocycles. The van der Waals surface area contributed by atoms with Gasteiger partial charge in [0.25, 0.3) is 11.5 Å². The van der Waals surface area contributed by atoms with Crippen molar-refractivity contribution in [2.75, 3.05) is 4.90 Å². The van der Waals surface area contributed by atoms with E-state index < -0.39 is 0 Å². The molecule has 0 aliphatic carbocycles. The van der Waals surface area contributed by atoms with Crippen LogP contribution in [0, 0.1) is 20.8 Å². The van der Waals surface area contributed by atoms with Crippen molar-refractivity contribution in [2.45, 2.75) is 27.3 Å². The zero-order chi connectivity index (χ0) is 21.3. The topological polar surface area (TPSA) is 66.1 Å². The van der Waals surface area contributed by atoms with Crippen molar-refractivity contribution in [3.05, 3.63) is 105 Å². The maximum Gasteiger partial charge on any atom is 0.258 e. The number of nitrogens with zero attached hydrogens (tertiary/aromatic N) is 2. The number of amides is 1. The molecule has 4 rings (SSSR count). The van der Waals surface area contributed by atoms with Crippen LogP contribution in [0.15, 0.2) is 71.8 Å². The van der Waals surface area contributed by atoms with Gasteiger partial charge in [-0.15, -0.1) is 0 Å². The molecule has 1 N–H and O–H groups in total. The van der Waals surface area contributed by atoms with Gasteiger partial charge in [-0.25, -0.2) is 0 Å². The van der Waals surface area contributed by atoms with Crippen molar-refractivity contribution < 1.29 is 4.79 Å². The highest BCUT2D eigenvalue weighted by Gasteiger charge is 2.21. The summed E-state index contributed by atoms with van der Waals surface area (Å²) in [6.45, 7) is 6.13. The fourth-order valence-electron chi connectivity index (χ4n) is 3.74. The number of anilines is 1. The van der Waals surface area contributed by atoms with E-state index in [1.54, 1.807) is 29.4 Å². The molecule has 1 amide bonds. The van der Waals surface area contributed by atoms with E-state index in [1.165, 1.54) is 0 Å². The molecule has 0 radical (unpaired) electrons. The summed E-state index contributed by atoms with van der Waals surface area (Å²) in [6.07, 6.45) is 3.19. The number of nitrogens with one attached hydrogen (secondary N) is 1. The Bertz CT molecular complexity index is 1290. The number of hydrogen-bond acceptors (Lipinski definition) is 3. The Kier molecular flexibility index (Phi) is 5.19. The summed E-state index contributed by atoms with van der Waals surface area (Å²) in [6, 6.07) is 17.1. The first kappa shape index (κ1) is 19.6. The van der Waals surface area contributed by atoms with Crippen molar-refractivity contribution in [1.82, 2.24) is 9.97 Å². The molecule has 0 fully saturated rings. The molecule has 0 bridgehead atoms. The van der Waals surface area contributed by atoms with Gasteiger partial charge in [0.2, 0.25) is 0 Å². The number of carbonyl (C=O) groups excluding carboxylic acids is 1. The molecule has 2 aromatic carbocycles. The summed E-state index contributed by atoms with van der Waals surface area (Å²) in [7, 11) is 0. The average molecular weight is 397 g/mol. The van der Waals surface area contributed by atoms with E-state index in [4.69, 9.17) is 0 Å². The number of hydrogen-bond donors (Lipinski definition) is 1. The maximum atomic E-state index is 13.4. The number of rotatable bonds is 4. The van der Waals surface area contributed by atoms with E-state index in [0.717, 1.165) is 33.3 Å². The fraction of sp³-hybridized carbons (Fsp3) is 0.160. The van der Waals surface area contributed by atoms with Gasteiger partial charge >= 0.3 is 0 Å². The molecule has 4 aromatic rings. The van der Waals surface area contributed by atoms with Crippen molar-refractivity contribution in [3.8, 4) is 0 Å². The Morgan fingerprint density at radius 1 is 0.967 bits per heavy atom. The van der Waals surface area contributed by atoms with Crippen LogP contribution in [0.4, 0.5) is 5.69 Å². The highest BCUT2D eigenvalue weighted by Crippen LogP contribution is 2.25. The third-order valence-electron chi connectivity index (χ3n) is 5.31. The Balaban J connectivity index is 1.82. The quantitative estimate of drug-likeness (QED) is 0.543. The number of benzene rings is 2. The average Bonchev–Trinajstić information content (AvgIpc) is 2.74. The SMILES string of the molecule is Cc1ccc(N(Cc2cc3cccc(C)c3[nH]c2=O)C(=O)c2ccncc2)c(C)c1. The summed E-state index contributed by atoms with van der Waals surface area (Å²) in [4.78, 5) is 34.9. The molecule has 0 aliphatic rings.